The second kappa shape index (κ2) is 3.98. The minimum atomic E-state index is -2.60. The van der Waals surface area contributed by atoms with Gasteiger partial charge in [-0.25, -0.2) is 13.8 Å². The van der Waals surface area contributed by atoms with Crippen LogP contribution in [0.1, 0.15) is 12.1 Å². The highest BCUT2D eigenvalue weighted by Gasteiger charge is 2.15. The van der Waals surface area contributed by atoms with E-state index in [0.29, 0.717) is 5.02 Å². The second-order valence-electron chi connectivity index (χ2n) is 1.93. The predicted octanol–water partition coefficient (Wildman–Crippen LogP) is 4.20. The van der Waals surface area contributed by atoms with E-state index in [1.807, 2.05) is 0 Å². The van der Waals surface area contributed by atoms with Crippen molar-refractivity contribution in [2.75, 3.05) is 0 Å². The molecule has 12 heavy (non-hydrogen) atoms. The van der Waals surface area contributed by atoms with Crippen LogP contribution in [0, 0.1) is 0 Å². The van der Waals surface area contributed by atoms with Crippen molar-refractivity contribution in [2.24, 2.45) is 0 Å². The van der Waals surface area contributed by atoms with Gasteiger partial charge in [0.25, 0.3) is 6.43 Å². The molecule has 0 amide bonds. The van der Waals surface area contributed by atoms with E-state index in [2.05, 4.69) is 36.8 Å². The molecule has 1 rings (SSSR count). The number of aromatic nitrogens is 1. The Morgan fingerprint density at radius 2 is 2.00 bits per heavy atom. The van der Waals surface area contributed by atoms with Crippen LogP contribution in [0.4, 0.5) is 8.78 Å². The highest BCUT2D eigenvalue weighted by atomic mass is 79.9. The van der Waals surface area contributed by atoms with E-state index in [1.165, 1.54) is 6.07 Å². The van der Waals surface area contributed by atoms with Gasteiger partial charge in [0.15, 0.2) is 0 Å². The summed E-state index contributed by atoms with van der Waals surface area (Å²) in [6.07, 6.45) is -2.60. The molecule has 1 nitrogen and oxygen atoms in total. The van der Waals surface area contributed by atoms with Crippen LogP contribution in [0.25, 0.3) is 0 Å². The van der Waals surface area contributed by atoms with Gasteiger partial charge in [0.1, 0.15) is 10.3 Å². The summed E-state index contributed by atoms with van der Waals surface area (Å²) in [5.41, 5.74) is -0.314. The van der Waals surface area contributed by atoms with Crippen LogP contribution in [-0.4, -0.2) is 4.98 Å². The van der Waals surface area contributed by atoms with Crippen LogP contribution < -0.4 is 0 Å². The Bertz CT molecular complexity index is 306. The molecule has 0 bridgehead atoms. The van der Waals surface area contributed by atoms with Crippen molar-refractivity contribution in [1.82, 2.24) is 4.98 Å². The molecule has 0 aliphatic rings. The number of pyridine rings is 1. The van der Waals surface area contributed by atoms with Crippen LogP contribution in [0.15, 0.2) is 15.1 Å². The maximum absolute atomic E-state index is 12.2. The molecule has 0 saturated heterocycles. The lowest BCUT2D eigenvalue weighted by atomic mass is 10.4. The van der Waals surface area contributed by atoms with Gasteiger partial charge in [-0.1, -0.05) is 11.6 Å². The van der Waals surface area contributed by atoms with Crippen LogP contribution in [0.5, 0.6) is 0 Å². The molecule has 1 heterocycles. The van der Waals surface area contributed by atoms with Crippen molar-refractivity contribution in [3.63, 3.8) is 0 Å². The van der Waals surface area contributed by atoms with E-state index in [0.717, 1.165) is 0 Å². The lowest BCUT2D eigenvalue weighted by molar-refractivity contribution is 0.145. The third kappa shape index (κ3) is 2.14. The Balaban J connectivity index is 3.23. The summed E-state index contributed by atoms with van der Waals surface area (Å²) >= 11 is 11.5. The number of rotatable bonds is 1. The summed E-state index contributed by atoms with van der Waals surface area (Å²) in [4.78, 5) is 3.56. The number of hydrogen-bond acceptors (Lipinski definition) is 1. The highest BCUT2D eigenvalue weighted by Crippen LogP contribution is 2.31. The van der Waals surface area contributed by atoms with Crippen LogP contribution in [0.2, 0.25) is 5.02 Å². The molecule has 0 aromatic carbocycles. The molecular weight excluding hydrogens is 319 g/mol. The average Bonchev–Trinajstić information content (AvgIpc) is 1.96. The van der Waals surface area contributed by atoms with Gasteiger partial charge in [0.2, 0.25) is 0 Å². The molecule has 0 fully saturated rings. The summed E-state index contributed by atoms with van der Waals surface area (Å²) in [5, 5.41) is 0.297. The first-order valence-corrected chi connectivity index (χ1v) is 4.78. The van der Waals surface area contributed by atoms with Gasteiger partial charge < -0.3 is 0 Å². The van der Waals surface area contributed by atoms with E-state index >= 15 is 0 Å². The summed E-state index contributed by atoms with van der Waals surface area (Å²) in [6.45, 7) is 0. The van der Waals surface area contributed by atoms with Crippen molar-refractivity contribution in [1.29, 1.82) is 0 Å². The summed E-state index contributed by atoms with van der Waals surface area (Å²) in [6, 6.07) is 1.38. The highest BCUT2D eigenvalue weighted by molar-refractivity contribution is 9.11. The molecule has 0 N–H and O–H groups in total. The van der Waals surface area contributed by atoms with Gasteiger partial charge in [-0.2, -0.15) is 0 Å². The smallest absolute Gasteiger partial charge is 0.237 e. The fraction of sp³-hybridized carbons (Fsp3) is 0.167. The summed E-state index contributed by atoms with van der Waals surface area (Å²) < 4.78 is 24.8. The molecular formula is C6H2Br2ClF2N. The van der Waals surface area contributed by atoms with Gasteiger partial charge in [-0.05, 0) is 37.9 Å². The van der Waals surface area contributed by atoms with Crippen LogP contribution in [0.3, 0.4) is 0 Å². The summed E-state index contributed by atoms with van der Waals surface area (Å²) in [5.74, 6) is 0. The molecule has 0 atom stereocenters. The molecule has 0 saturated carbocycles. The molecule has 0 radical (unpaired) electrons. The molecule has 1 aromatic heterocycles. The topological polar surface area (TPSA) is 12.9 Å². The predicted molar refractivity (Wildman–Crippen MR) is 49.6 cm³/mol. The standard InChI is InChI=1S/C6H2Br2ClF2N/c7-2-1-3(9)5(8)12-4(2)6(10)11/h1,6H. The van der Waals surface area contributed by atoms with Crippen molar-refractivity contribution < 1.29 is 8.78 Å². The lowest BCUT2D eigenvalue weighted by Crippen LogP contribution is -1.92. The van der Waals surface area contributed by atoms with Crippen molar-refractivity contribution in [2.45, 2.75) is 6.43 Å². The molecule has 0 spiro atoms. The Labute approximate surface area is 89.4 Å². The molecule has 1 aromatic rings. The lowest BCUT2D eigenvalue weighted by Gasteiger charge is -2.03. The fourth-order valence-corrected chi connectivity index (χ4v) is 1.69. The van der Waals surface area contributed by atoms with Crippen molar-refractivity contribution >= 4 is 43.5 Å². The third-order valence-corrected chi connectivity index (χ3v) is 2.88. The molecule has 0 aliphatic carbocycles. The summed E-state index contributed by atoms with van der Waals surface area (Å²) in [7, 11) is 0. The largest absolute Gasteiger partial charge is 0.281 e. The number of alkyl halides is 2. The average molecular weight is 321 g/mol. The van der Waals surface area contributed by atoms with Gasteiger partial charge in [0.05, 0.1) is 5.02 Å². The van der Waals surface area contributed by atoms with Gasteiger partial charge in [0, 0.05) is 4.47 Å². The molecule has 0 unspecified atom stereocenters. The first-order valence-electron chi connectivity index (χ1n) is 2.82. The van der Waals surface area contributed by atoms with E-state index < -0.39 is 6.43 Å². The Morgan fingerprint density at radius 3 is 2.50 bits per heavy atom. The van der Waals surface area contributed by atoms with E-state index in [-0.39, 0.29) is 14.8 Å². The van der Waals surface area contributed by atoms with Crippen molar-refractivity contribution in [3.8, 4) is 0 Å². The minimum Gasteiger partial charge on any atom is -0.237 e. The quantitative estimate of drug-likeness (QED) is 0.707. The van der Waals surface area contributed by atoms with E-state index in [1.54, 1.807) is 0 Å². The minimum absolute atomic E-state index is 0.214. The zero-order chi connectivity index (χ0) is 9.30. The van der Waals surface area contributed by atoms with E-state index in [4.69, 9.17) is 11.6 Å². The number of halogens is 5. The zero-order valence-corrected chi connectivity index (χ0v) is 9.42. The Hall–Kier alpha value is 0.260. The Kier molecular flexibility index (Phi) is 3.43. The van der Waals surface area contributed by atoms with E-state index in [9.17, 15) is 8.78 Å². The van der Waals surface area contributed by atoms with Gasteiger partial charge in [-0.3, -0.25) is 0 Å². The number of hydrogen-bond donors (Lipinski definition) is 0. The molecule has 6 heteroatoms. The SMILES string of the molecule is FC(F)c1nc(Br)c(Cl)cc1Br. The number of nitrogens with zero attached hydrogens (tertiary/aromatic N) is 1. The monoisotopic (exact) mass is 319 g/mol. The first kappa shape index (κ1) is 10.3. The normalized spacial score (nSPS) is 10.8. The fourth-order valence-electron chi connectivity index (χ4n) is 0.610. The van der Waals surface area contributed by atoms with Crippen LogP contribution >= 0.6 is 43.5 Å². The molecule has 0 aliphatic heterocycles. The maximum atomic E-state index is 12.2. The third-order valence-electron chi connectivity index (χ3n) is 1.12. The first-order chi connectivity index (χ1) is 5.52. The van der Waals surface area contributed by atoms with Crippen molar-refractivity contribution in [3.05, 3.63) is 25.9 Å². The maximum Gasteiger partial charge on any atom is 0.281 e. The Morgan fingerprint density at radius 1 is 1.42 bits per heavy atom. The van der Waals surface area contributed by atoms with Crippen LogP contribution in [-0.2, 0) is 0 Å². The second-order valence-corrected chi connectivity index (χ2v) is 3.94. The zero-order valence-electron chi connectivity index (χ0n) is 5.49. The molecule has 66 valence electrons. The van der Waals surface area contributed by atoms with Gasteiger partial charge >= 0.3 is 0 Å². The van der Waals surface area contributed by atoms with Gasteiger partial charge in [-0.15, -0.1) is 0 Å².